The van der Waals surface area contributed by atoms with E-state index >= 15 is 0 Å². The Balaban J connectivity index is 2.41. The maximum Gasteiger partial charge on any atom is 0.196 e. The minimum Gasteiger partial charge on any atom is -0.497 e. The second-order valence-corrected chi connectivity index (χ2v) is 5.17. The van der Waals surface area contributed by atoms with Crippen LogP contribution in [0.1, 0.15) is 27.0 Å². The van der Waals surface area contributed by atoms with Crippen molar-refractivity contribution in [1.29, 1.82) is 0 Å². The van der Waals surface area contributed by atoms with Crippen molar-refractivity contribution in [3.63, 3.8) is 0 Å². The van der Waals surface area contributed by atoms with E-state index in [1.54, 1.807) is 37.4 Å². The van der Waals surface area contributed by atoms with Crippen LogP contribution in [0.3, 0.4) is 0 Å². The third kappa shape index (κ3) is 3.48. The third-order valence-electron chi connectivity index (χ3n) is 3.82. The highest BCUT2D eigenvalue weighted by molar-refractivity contribution is 6.29. The zero-order valence-corrected chi connectivity index (χ0v) is 13.7. The molecule has 0 radical (unpaired) electrons. The smallest absolute Gasteiger partial charge is 0.196 e. The predicted octanol–water partition coefficient (Wildman–Crippen LogP) is 2.58. The molecule has 0 saturated carbocycles. The molecule has 0 heterocycles. The van der Waals surface area contributed by atoms with Crippen molar-refractivity contribution in [2.75, 3.05) is 14.2 Å². The molecule has 0 fully saturated rings. The summed E-state index contributed by atoms with van der Waals surface area (Å²) in [6, 6.07) is 10.1. The molecule has 2 N–H and O–H groups in total. The summed E-state index contributed by atoms with van der Waals surface area (Å²) in [5.74, 6) is 0.707. The van der Waals surface area contributed by atoms with Crippen molar-refractivity contribution in [2.24, 2.45) is 0 Å². The van der Waals surface area contributed by atoms with Crippen LogP contribution in [-0.2, 0) is 13.2 Å². The quantitative estimate of drug-likeness (QED) is 0.603. The van der Waals surface area contributed by atoms with Crippen molar-refractivity contribution in [3.05, 3.63) is 65.2 Å². The van der Waals surface area contributed by atoms with Gasteiger partial charge in [-0.25, -0.2) is 0 Å². The van der Waals surface area contributed by atoms with Gasteiger partial charge >= 0.3 is 0 Å². The Morgan fingerprint density at radius 1 is 1.00 bits per heavy atom. The van der Waals surface area contributed by atoms with Crippen LogP contribution >= 0.6 is 0 Å². The number of allylic oxidation sites excluding steroid dienone is 1. The van der Waals surface area contributed by atoms with Crippen LogP contribution in [0.4, 0.5) is 0 Å². The predicted molar refractivity (Wildman–Crippen MR) is 91.2 cm³/mol. The van der Waals surface area contributed by atoms with E-state index in [1.807, 2.05) is 0 Å². The number of aliphatic hydroxyl groups excluding tert-OH is 2. The van der Waals surface area contributed by atoms with Crippen molar-refractivity contribution in [2.45, 2.75) is 13.2 Å². The summed E-state index contributed by atoms with van der Waals surface area (Å²) in [5.41, 5.74) is 2.25. The largest absolute Gasteiger partial charge is 0.497 e. The molecular weight excluding hydrogens is 308 g/mol. The molecule has 5 heteroatoms. The summed E-state index contributed by atoms with van der Waals surface area (Å²) >= 11 is 0. The molecule has 2 rings (SSSR count). The molecule has 126 valence electrons. The van der Waals surface area contributed by atoms with Gasteiger partial charge < -0.3 is 19.7 Å². The van der Waals surface area contributed by atoms with Gasteiger partial charge in [0.15, 0.2) is 5.78 Å². The van der Waals surface area contributed by atoms with Crippen molar-refractivity contribution in [3.8, 4) is 11.5 Å². The van der Waals surface area contributed by atoms with E-state index in [1.165, 1.54) is 13.2 Å². The summed E-state index contributed by atoms with van der Waals surface area (Å²) < 4.78 is 10.4. The Morgan fingerprint density at radius 2 is 1.58 bits per heavy atom. The van der Waals surface area contributed by atoms with Crippen LogP contribution in [0.2, 0.25) is 0 Å². The van der Waals surface area contributed by atoms with Gasteiger partial charge in [-0.15, -0.1) is 0 Å². The van der Waals surface area contributed by atoms with Gasteiger partial charge in [0.25, 0.3) is 0 Å². The molecule has 0 aliphatic carbocycles. The Morgan fingerprint density at radius 3 is 2.08 bits per heavy atom. The first kappa shape index (κ1) is 17.7. The lowest BCUT2D eigenvalue weighted by Gasteiger charge is -2.14. The average Bonchev–Trinajstić information content (AvgIpc) is 2.65. The molecule has 0 saturated heterocycles. The van der Waals surface area contributed by atoms with Gasteiger partial charge in [-0.05, 0) is 41.0 Å². The van der Waals surface area contributed by atoms with Gasteiger partial charge in [0.1, 0.15) is 11.5 Å². The number of ether oxygens (including phenoxy) is 2. The van der Waals surface area contributed by atoms with E-state index < -0.39 is 0 Å². The SMILES string of the molecule is C=C(C(=O)c1cc(CO)c(CO)cc1OC)c1ccc(OC)cc1. The number of hydrogen-bond donors (Lipinski definition) is 2. The molecule has 0 amide bonds. The third-order valence-corrected chi connectivity index (χ3v) is 3.82. The maximum absolute atomic E-state index is 12.8. The van der Waals surface area contributed by atoms with Gasteiger partial charge in [0, 0.05) is 5.57 Å². The summed E-state index contributed by atoms with van der Waals surface area (Å²) in [5, 5.41) is 18.8. The van der Waals surface area contributed by atoms with Crippen LogP contribution in [-0.4, -0.2) is 30.2 Å². The summed E-state index contributed by atoms with van der Waals surface area (Å²) in [6.45, 7) is 3.34. The fourth-order valence-corrected chi connectivity index (χ4v) is 2.39. The highest BCUT2D eigenvalue weighted by Crippen LogP contribution is 2.29. The highest BCUT2D eigenvalue weighted by Gasteiger charge is 2.19. The van der Waals surface area contributed by atoms with E-state index in [-0.39, 0.29) is 19.0 Å². The number of benzene rings is 2. The zero-order chi connectivity index (χ0) is 17.7. The fraction of sp³-hybridized carbons (Fsp3) is 0.211. The van der Waals surface area contributed by atoms with Crippen LogP contribution in [0.25, 0.3) is 5.57 Å². The number of ketones is 1. The fourth-order valence-electron chi connectivity index (χ4n) is 2.39. The monoisotopic (exact) mass is 328 g/mol. The topological polar surface area (TPSA) is 76.0 Å². The van der Waals surface area contributed by atoms with Crippen molar-refractivity contribution >= 4 is 11.4 Å². The average molecular weight is 328 g/mol. The van der Waals surface area contributed by atoms with Crippen molar-refractivity contribution in [1.82, 2.24) is 0 Å². The molecule has 0 unspecified atom stereocenters. The first-order valence-corrected chi connectivity index (χ1v) is 7.35. The number of methoxy groups -OCH3 is 2. The van der Waals surface area contributed by atoms with Gasteiger partial charge in [-0.1, -0.05) is 18.7 Å². The second kappa shape index (κ2) is 7.77. The summed E-state index contributed by atoms with van der Waals surface area (Å²) in [6.07, 6.45) is 0. The zero-order valence-electron chi connectivity index (χ0n) is 13.7. The lowest BCUT2D eigenvalue weighted by Crippen LogP contribution is -2.07. The molecule has 0 atom stereocenters. The molecule has 24 heavy (non-hydrogen) atoms. The first-order chi connectivity index (χ1) is 11.5. The lowest BCUT2D eigenvalue weighted by atomic mass is 9.94. The Kier molecular flexibility index (Phi) is 5.73. The number of Topliss-reactive ketones (excluding diaryl/α,β-unsaturated/α-hetero) is 1. The van der Waals surface area contributed by atoms with E-state index in [4.69, 9.17) is 9.47 Å². The normalized spacial score (nSPS) is 10.3. The standard InChI is InChI=1S/C19H20O5/c1-12(13-4-6-16(23-2)7-5-13)19(22)17-8-14(10-20)15(11-21)9-18(17)24-3/h4-9,20-21H,1,10-11H2,2-3H3. The number of hydrogen-bond acceptors (Lipinski definition) is 5. The molecular formula is C19H20O5. The number of rotatable bonds is 7. The van der Waals surface area contributed by atoms with E-state index in [2.05, 4.69) is 6.58 Å². The number of carbonyl (C=O) groups is 1. The van der Waals surface area contributed by atoms with Crippen molar-refractivity contribution < 1.29 is 24.5 Å². The number of aliphatic hydroxyl groups is 2. The Hall–Kier alpha value is -2.63. The van der Waals surface area contributed by atoms with Crippen LogP contribution in [0.5, 0.6) is 11.5 Å². The van der Waals surface area contributed by atoms with Gasteiger partial charge in [0.05, 0.1) is 33.0 Å². The molecule has 0 aromatic heterocycles. The minimum absolute atomic E-state index is 0.250. The van der Waals surface area contributed by atoms with E-state index in [9.17, 15) is 15.0 Å². The maximum atomic E-state index is 12.8. The molecule has 0 spiro atoms. The van der Waals surface area contributed by atoms with E-state index in [0.29, 0.717) is 39.3 Å². The first-order valence-electron chi connectivity index (χ1n) is 7.35. The Bertz CT molecular complexity index is 747. The van der Waals surface area contributed by atoms with Crippen LogP contribution in [0.15, 0.2) is 43.0 Å². The molecule has 2 aromatic carbocycles. The lowest BCUT2D eigenvalue weighted by molar-refractivity contribution is 0.105. The molecule has 5 nitrogen and oxygen atoms in total. The van der Waals surface area contributed by atoms with Gasteiger partial charge in [-0.3, -0.25) is 4.79 Å². The molecule has 0 bridgehead atoms. The van der Waals surface area contributed by atoms with Crippen LogP contribution in [0, 0.1) is 0 Å². The molecule has 0 aliphatic heterocycles. The Labute approximate surface area is 140 Å². The summed E-state index contributed by atoms with van der Waals surface area (Å²) in [4.78, 5) is 12.8. The van der Waals surface area contributed by atoms with E-state index in [0.717, 1.165) is 0 Å². The second-order valence-electron chi connectivity index (χ2n) is 5.17. The molecule has 0 aliphatic rings. The summed E-state index contributed by atoms with van der Waals surface area (Å²) in [7, 11) is 3.01. The molecule has 2 aromatic rings. The van der Waals surface area contributed by atoms with Crippen LogP contribution < -0.4 is 9.47 Å². The minimum atomic E-state index is -0.309. The van der Waals surface area contributed by atoms with Gasteiger partial charge in [-0.2, -0.15) is 0 Å². The highest BCUT2D eigenvalue weighted by atomic mass is 16.5. The number of carbonyl (C=O) groups excluding carboxylic acids is 1. The van der Waals surface area contributed by atoms with Gasteiger partial charge in [0.2, 0.25) is 0 Å².